The van der Waals surface area contributed by atoms with E-state index in [4.69, 9.17) is 16.3 Å². The lowest BCUT2D eigenvalue weighted by atomic mass is 10.0. The van der Waals surface area contributed by atoms with Crippen LogP contribution in [0.3, 0.4) is 0 Å². The number of halogens is 1. The van der Waals surface area contributed by atoms with Crippen molar-refractivity contribution >= 4 is 11.6 Å². The third kappa shape index (κ3) is 2.84. The highest BCUT2D eigenvalue weighted by Crippen LogP contribution is 2.33. The summed E-state index contributed by atoms with van der Waals surface area (Å²) in [5.41, 5.74) is 2.07. The lowest BCUT2D eigenvalue weighted by Crippen LogP contribution is -1.87. The molecule has 3 aromatic rings. The molecule has 1 nitrogen and oxygen atoms in total. The first-order valence-electron chi connectivity index (χ1n) is 6.41. The van der Waals surface area contributed by atoms with Crippen LogP contribution in [0.5, 0.6) is 11.5 Å². The molecule has 0 saturated carbocycles. The summed E-state index contributed by atoms with van der Waals surface area (Å²) in [6, 6.07) is 25.5. The van der Waals surface area contributed by atoms with Gasteiger partial charge in [0.15, 0.2) is 0 Å². The number of rotatable bonds is 3. The van der Waals surface area contributed by atoms with Gasteiger partial charge in [-0.2, -0.15) is 0 Å². The highest BCUT2D eigenvalue weighted by molar-refractivity contribution is 6.30. The Bertz CT molecular complexity index is 707. The van der Waals surface area contributed by atoms with Crippen LogP contribution in [-0.4, -0.2) is 0 Å². The quantitative estimate of drug-likeness (QED) is 0.589. The largest absolute Gasteiger partial charge is 0.457 e. The van der Waals surface area contributed by atoms with Crippen LogP contribution < -0.4 is 4.74 Å². The highest BCUT2D eigenvalue weighted by atomic mass is 35.5. The molecule has 0 bridgehead atoms. The molecule has 0 aliphatic rings. The zero-order chi connectivity index (χ0) is 13.8. The second-order valence-electron chi connectivity index (χ2n) is 4.42. The van der Waals surface area contributed by atoms with E-state index in [0.717, 1.165) is 27.6 Å². The normalized spacial score (nSPS) is 10.2. The van der Waals surface area contributed by atoms with Crippen molar-refractivity contribution in [2.24, 2.45) is 0 Å². The molecule has 2 heteroatoms. The lowest BCUT2D eigenvalue weighted by molar-refractivity contribution is 0.484. The van der Waals surface area contributed by atoms with Gasteiger partial charge in [-0.1, -0.05) is 60.1 Å². The average Bonchev–Trinajstić information content (AvgIpc) is 2.49. The van der Waals surface area contributed by atoms with Crippen molar-refractivity contribution in [2.75, 3.05) is 0 Å². The van der Waals surface area contributed by atoms with Gasteiger partial charge in [0.2, 0.25) is 0 Å². The SMILES string of the molecule is Clc1cccc(-c2ccccc2Oc2ccccc2)c1. The first kappa shape index (κ1) is 12.8. The number of para-hydroxylation sites is 2. The van der Waals surface area contributed by atoms with Crippen LogP contribution in [0.2, 0.25) is 5.02 Å². The maximum Gasteiger partial charge on any atom is 0.135 e. The van der Waals surface area contributed by atoms with E-state index < -0.39 is 0 Å². The molecule has 0 N–H and O–H groups in total. The van der Waals surface area contributed by atoms with E-state index in [9.17, 15) is 0 Å². The molecule has 0 amide bonds. The third-order valence-electron chi connectivity index (χ3n) is 2.99. The molecule has 0 spiro atoms. The van der Waals surface area contributed by atoms with Crippen molar-refractivity contribution in [3.8, 4) is 22.6 Å². The van der Waals surface area contributed by atoms with Crippen molar-refractivity contribution < 1.29 is 4.74 Å². The van der Waals surface area contributed by atoms with E-state index in [-0.39, 0.29) is 0 Å². The summed E-state index contributed by atoms with van der Waals surface area (Å²) in [5, 5.41) is 0.719. The summed E-state index contributed by atoms with van der Waals surface area (Å²) in [4.78, 5) is 0. The summed E-state index contributed by atoms with van der Waals surface area (Å²) in [7, 11) is 0. The zero-order valence-electron chi connectivity index (χ0n) is 10.8. The summed E-state index contributed by atoms with van der Waals surface area (Å²) in [6.45, 7) is 0. The Balaban J connectivity index is 2.00. The number of hydrogen-bond donors (Lipinski definition) is 0. The minimum absolute atomic E-state index is 0.719. The maximum atomic E-state index is 6.07. The van der Waals surface area contributed by atoms with Gasteiger partial charge >= 0.3 is 0 Å². The second kappa shape index (κ2) is 5.81. The molecule has 0 aromatic heterocycles. The van der Waals surface area contributed by atoms with Gasteiger partial charge in [0, 0.05) is 10.6 Å². The summed E-state index contributed by atoms with van der Waals surface area (Å²) in [6.07, 6.45) is 0. The minimum Gasteiger partial charge on any atom is -0.457 e. The van der Waals surface area contributed by atoms with Crippen molar-refractivity contribution in [1.82, 2.24) is 0 Å². The smallest absolute Gasteiger partial charge is 0.135 e. The third-order valence-corrected chi connectivity index (χ3v) is 3.23. The molecule has 98 valence electrons. The molecule has 0 saturated heterocycles. The number of ether oxygens (including phenoxy) is 1. The van der Waals surface area contributed by atoms with Gasteiger partial charge in [0.1, 0.15) is 11.5 Å². The first-order valence-corrected chi connectivity index (χ1v) is 6.78. The fraction of sp³-hybridized carbons (Fsp3) is 0. The van der Waals surface area contributed by atoms with Gasteiger partial charge in [-0.05, 0) is 35.9 Å². The van der Waals surface area contributed by atoms with Crippen molar-refractivity contribution in [2.45, 2.75) is 0 Å². The standard InChI is InChI=1S/C18H13ClO/c19-15-8-6-7-14(13-15)17-11-4-5-12-18(17)20-16-9-2-1-3-10-16/h1-13H. The predicted octanol–water partition coefficient (Wildman–Crippen LogP) is 5.80. The van der Waals surface area contributed by atoms with Gasteiger partial charge in [0.05, 0.1) is 0 Å². The average molecular weight is 281 g/mol. The van der Waals surface area contributed by atoms with Crippen LogP contribution in [0.15, 0.2) is 78.9 Å². The Morgan fingerprint density at radius 2 is 1.45 bits per heavy atom. The highest BCUT2D eigenvalue weighted by Gasteiger charge is 2.07. The molecular formula is C18H13ClO. The maximum absolute atomic E-state index is 6.07. The van der Waals surface area contributed by atoms with E-state index in [1.165, 1.54) is 0 Å². The van der Waals surface area contributed by atoms with Crippen LogP contribution in [0.4, 0.5) is 0 Å². The van der Waals surface area contributed by atoms with Crippen molar-refractivity contribution in [3.05, 3.63) is 83.9 Å². The van der Waals surface area contributed by atoms with Crippen molar-refractivity contribution in [1.29, 1.82) is 0 Å². The summed E-state index contributed by atoms with van der Waals surface area (Å²) in [5.74, 6) is 1.64. The Hall–Kier alpha value is -2.25. The molecule has 0 aliphatic carbocycles. The van der Waals surface area contributed by atoms with E-state index in [1.807, 2.05) is 78.9 Å². The van der Waals surface area contributed by atoms with Gasteiger partial charge < -0.3 is 4.74 Å². The molecule has 0 aliphatic heterocycles. The molecule has 0 unspecified atom stereocenters. The molecule has 0 radical (unpaired) electrons. The molecule has 3 aromatic carbocycles. The van der Waals surface area contributed by atoms with Crippen LogP contribution >= 0.6 is 11.6 Å². The summed E-state index contributed by atoms with van der Waals surface area (Å²) < 4.78 is 5.96. The van der Waals surface area contributed by atoms with Crippen LogP contribution in [0.1, 0.15) is 0 Å². The van der Waals surface area contributed by atoms with Crippen LogP contribution in [0.25, 0.3) is 11.1 Å². The molecule has 3 rings (SSSR count). The van der Waals surface area contributed by atoms with Crippen LogP contribution in [-0.2, 0) is 0 Å². The molecule has 20 heavy (non-hydrogen) atoms. The second-order valence-corrected chi connectivity index (χ2v) is 4.86. The van der Waals surface area contributed by atoms with E-state index in [1.54, 1.807) is 0 Å². The number of benzene rings is 3. The minimum atomic E-state index is 0.719. The van der Waals surface area contributed by atoms with Gasteiger partial charge in [-0.3, -0.25) is 0 Å². The van der Waals surface area contributed by atoms with Gasteiger partial charge in [0.25, 0.3) is 0 Å². The summed E-state index contributed by atoms with van der Waals surface area (Å²) >= 11 is 6.07. The van der Waals surface area contributed by atoms with Crippen LogP contribution in [0, 0.1) is 0 Å². The lowest BCUT2D eigenvalue weighted by Gasteiger charge is -2.11. The Morgan fingerprint density at radius 3 is 2.25 bits per heavy atom. The zero-order valence-corrected chi connectivity index (χ0v) is 11.5. The number of hydrogen-bond acceptors (Lipinski definition) is 1. The molecule has 0 fully saturated rings. The Morgan fingerprint density at radius 1 is 0.700 bits per heavy atom. The predicted molar refractivity (Wildman–Crippen MR) is 83.4 cm³/mol. The van der Waals surface area contributed by atoms with E-state index in [2.05, 4.69) is 0 Å². The topological polar surface area (TPSA) is 9.23 Å². The van der Waals surface area contributed by atoms with E-state index >= 15 is 0 Å². The van der Waals surface area contributed by atoms with Gasteiger partial charge in [-0.15, -0.1) is 0 Å². The fourth-order valence-electron chi connectivity index (χ4n) is 2.07. The van der Waals surface area contributed by atoms with E-state index in [0.29, 0.717) is 0 Å². The molecular weight excluding hydrogens is 268 g/mol. The Labute approximate surface area is 123 Å². The molecule has 0 heterocycles. The first-order chi connectivity index (χ1) is 9.83. The van der Waals surface area contributed by atoms with Gasteiger partial charge in [-0.25, -0.2) is 0 Å². The Kier molecular flexibility index (Phi) is 3.71. The van der Waals surface area contributed by atoms with Crippen molar-refractivity contribution in [3.63, 3.8) is 0 Å². The fourth-order valence-corrected chi connectivity index (χ4v) is 2.26. The monoisotopic (exact) mass is 280 g/mol. The molecule has 0 atom stereocenters.